The summed E-state index contributed by atoms with van der Waals surface area (Å²) >= 11 is 1.69. The Morgan fingerprint density at radius 3 is 2.33 bits per heavy atom. The van der Waals surface area contributed by atoms with Gasteiger partial charge in [0.2, 0.25) is 0 Å². The molecule has 0 unspecified atom stereocenters. The van der Waals surface area contributed by atoms with E-state index in [9.17, 15) is 0 Å². The second kappa shape index (κ2) is 5.11. The summed E-state index contributed by atoms with van der Waals surface area (Å²) in [7, 11) is 0. The van der Waals surface area contributed by atoms with Crippen LogP contribution < -0.4 is 5.32 Å². The Hall–Kier alpha value is -1.35. The van der Waals surface area contributed by atoms with Gasteiger partial charge in [0.25, 0.3) is 0 Å². The number of hydrogen-bond donors (Lipinski definition) is 1. The summed E-state index contributed by atoms with van der Waals surface area (Å²) in [6.07, 6.45) is 1.90. The van der Waals surface area contributed by atoms with Crippen LogP contribution in [0.2, 0.25) is 0 Å². The lowest BCUT2D eigenvalue weighted by Gasteiger charge is -2.19. The summed E-state index contributed by atoms with van der Waals surface area (Å²) in [5.41, 5.74) is 2.88. The van der Waals surface area contributed by atoms with Crippen LogP contribution in [0.1, 0.15) is 36.8 Å². The monoisotopic (exact) mass is 260 g/mol. The molecule has 0 spiro atoms. The second-order valence-corrected chi connectivity index (χ2v) is 6.81. The highest BCUT2D eigenvalue weighted by molar-refractivity contribution is 7.15. The fraction of sp³-hybridized carbons (Fsp3) is 0.400. The minimum absolute atomic E-state index is 0.221. The van der Waals surface area contributed by atoms with Crippen LogP contribution in [0.4, 0.5) is 5.13 Å². The summed E-state index contributed by atoms with van der Waals surface area (Å²) in [5, 5.41) is 4.34. The van der Waals surface area contributed by atoms with Crippen LogP contribution in [0.3, 0.4) is 0 Å². The van der Waals surface area contributed by atoms with Gasteiger partial charge in [-0.3, -0.25) is 0 Å². The van der Waals surface area contributed by atoms with Crippen molar-refractivity contribution in [3.8, 4) is 0 Å². The van der Waals surface area contributed by atoms with E-state index in [-0.39, 0.29) is 5.41 Å². The number of benzene rings is 1. The topological polar surface area (TPSA) is 24.9 Å². The molecule has 1 aromatic carbocycles. The van der Waals surface area contributed by atoms with Crippen molar-refractivity contribution in [3.63, 3.8) is 0 Å². The first kappa shape index (κ1) is 13.1. The fourth-order valence-corrected chi connectivity index (χ4v) is 2.40. The third kappa shape index (κ3) is 3.33. The molecule has 3 heteroatoms. The van der Waals surface area contributed by atoms with Crippen molar-refractivity contribution >= 4 is 16.5 Å². The van der Waals surface area contributed by atoms with Gasteiger partial charge in [-0.25, -0.2) is 4.98 Å². The molecular weight excluding hydrogens is 240 g/mol. The van der Waals surface area contributed by atoms with Gasteiger partial charge >= 0.3 is 0 Å². The summed E-state index contributed by atoms with van der Waals surface area (Å²) in [6.45, 7) is 9.61. The Balaban J connectivity index is 1.98. The van der Waals surface area contributed by atoms with E-state index in [1.807, 2.05) is 6.20 Å². The molecule has 0 aliphatic heterocycles. The van der Waals surface area contributed by atoms with Crippen molar-refractivity contribution in [1.29, 1.82) is 0 Å². The summed E-state index contributed by atoms with van der Waals surface area (Å²) in [4.78, 5) is 5.53. The second-order valence-electron chi connectivity index (χ2n) is 5.58. The van der Waals surface area contributed by atoms with Crippen molar-refractivity contribution in [2.24, 2.45) is 0 Å². The number of rotatable bonds is 3. The molecule has 0 bridgehead atoms. The lowest BCUT2D eigenvalue weighted by Crippen LogP contribution is -2.11. The third-order valence-corrected chi connectivity index (χ3v) is 3.76. The Labute approximate surface area is 113 Å². The molecule has 0 radical (unpaired) electrons. The van der Waals surface area contributed by atoms with Gasteiger partial charge < -0.3 is 5.32 Å². The van der Waals surface area contributed by atoms with E-state index in [2.05, 4.69) is 62.3 Å². The van der Waals surface area contributed by atoms with Crippen molar-refractivity contribution in [2.45, 2.75) is 39.7 Å². The summed E-state index contributed by atoms with van der Waals surface area (Å²) in [5.74, 6) is 0. The first-order valence-electron chi connectivity index (χ1n) is 6.21. The van der Waals surface area contributed by atoms with Gasteiger partial charge in [-0.05, 0) is 23.5 Å². The Morgan fingerprint density at radius 2 is 1.83 bits per heavy atom. The number of aromatic nitrogens is 1. The van der Waals surface area contributed by atoms with E-state index in [1.165, 1.54) is 16.0 Å². The number of anilines is 1. The molecule has 0 atom stereocenters. The third-order valence-electron chi connectivity index (χ3n) is 2.88. The maximum absolute atomic E-state index is 4.30. The normalized spacial score (nSPS) is 11.6. The average Bonchev–Trinajstić information content (AvgIpc) is 2.72. The molecule has 18 heavy (non-hydrogen) atoms. The SMILES string of the molecule is Cc1cnc(NCc2ccc(C(C)(C)C)cc2)s1. The molecule has 0 saturated carbocycles. The largest absolute Gasteiger partial charge is 0.357 e. The van der Waals surface area contributed by atoms with Crippen LogP contribution in [-0.2, 0) is 12.0 Å². The Bertz CT molecular complexity index is 506. The van der Waals surface area contributed by atoms with Crippen molar-refractivity contribution in [1.82, 2.24) is 4.98 Å². The van der Waals surface area contributed by atoms with Crippen LogP contribution >= 0.6 is 11.3 Å². The van der Waals surface area contributed by atoms with E-state index in [4.69, 9.17) is 0 Å². The molecule has 2 nitrogen and oxygen atoms in total. The zero-order valence-corrected chi connectivity index (χ0v) is 12.3. The minimum atomic E-state index is 0.221. The smallest absolute Gasteiger partial charge is 0.183 e. The van der Waals surface area contributed by atoms with Crippen molar-refractivity contribution in [2.75, 3.05) is 5.32 Å². The lowest BCUT2D eigenvalue weighted by molar-refractivity contribution is 0.590. The lowest BCUT2D eigenvalue weighted by atomic mass is 9.87. The molecule has 0 fully saturated rings. The van der Waals surface area contributed by atoms with Gasteiger partial charge in [-0.15, -0.1) is 11.3 Å². The molecule has 1 heterocycles. The van der Waals surface area contributed by atoms with Crippen LogP contribution in [0.5, 0.6) is 0 Å². The molecule has 96 valence electrons. The van der Waals surface area contributed by atoms with E-state index >= 15 is 0 Å². The Kier molecular flexibility index (Phi) is 3.71. The molecule has 0 aliphatic rings. The fourth-order valence-electron chi connectivity index (χ4n) is 1.74. The van der Waals surface area contributed by atoms with Crippen LogP contribution in [0.15, 0.2) is 30.5 Å². The molecule has 0 aliphatic carbocycles. The van der Waals surface area contributed by atoms with Crippen molar-refractivity contribution < 1.29 is 0 Å². The van der Waals surface area contributed by atoms with E-state index < -0.39 is 0 Å². The molecule has 0 amide bonds. The van der Waals surface area contributed by atoms with E-state index in [0.29, 0.717) is 0 Å². The van der Waals surface area contributed by atoms with Gasteiger partial charge in [0, 0.05) is 17.6 Å². The first-order chi connectivity index (χ1) is 8.45. The highest BCUT2D eigenvalue weighted by Crippen LogP contribution is 2.23. The standard InChI is InChI=1S/C15H20N2S/c1-11-9-16-14(18-11)17-10-12-5-7-13(8-6-12)15(2,3)4/h5-9H,10H2,1-4H3,(H,16,17). The highest BCUT2D eigenvalue weighted by Gasteiger charge is 2.12. The van der Waals surface area contributed by atoms with E-state index in [0.717, 1.165) is 11.7 Å². The summed E-state index contributed by atoms with van der Waals surface area (Å²) < 4.78 is 0. The maximum atomic E-state index is 4.30. The van der Waals surface area contributed by atoms with Crippen LogP contribution in [0, 0.1) is 6.92 Å². The van der Waals surface area contributed by atoms with Gasteiger partial charge in [0.05, 0.1) is 0 Å². The summed E-state index contributed by atoms with van der Waals surface area (Å²) in [6, 6.07) is 8.80. The number of nitrogens with one attached hydrogen (secondary N) is 1. The quantitative estimate of drug-likeness (QED) is 0.887. The number of thiazole rings is 1. The number of nitrogens with zero attached hydrogens (tertiary/aromatic N) is 1. The predicted molar refractivity (Wildman–Crippen MR) is 79.3 cm³/mol. The van der Waals surface area contributed by atoms with Crippen molar-refractivity contribution in [3.05, 3.63) is 46.5 Å². The molecule has 1 N–H and O–H groups in total. The van der Waals surface area contributed by atoms with Gasteiger partial charge in [0.1, 0.15) is 0 Å². The molecule has 0 saturated heterocycles. The number of aryl methyl sites for hydroxylation is 1. The van der Waals surface area contributed by atoms with Gasteiger partial charge in [0.15, 0.2) is 5.13 Å². The first-order valence-corrected chi connectivity index (χ1v) is 7.02. The molecule has 2 aromatic rings. The predicted octanol–water partition coefficient (Wildman–Crippen LogP) is 4.36. The number of hydrogen-bond acceptors (Lipinski definition) is 3. The maximum Gasteiger partial charge on any atom is 0.183 e. The molecular formula is C15H20N2S. The average molecular weight is 260 g/mol. The zero-order valence-electron chi connectivity index (χ0n) is 11.4. The highest BCUT2D eigenvalue weighted by atomic mass is 32.1. The molecule has 2 rings (SSSR count). The Morgan fingerprint density at radius 1 is 1.17 bits per heavy atom. The minimum Gasteiger partial charge on any atom is -0.357 e. The van der Waals surface area contributed by atoms with Crippen LogP contribution in [0.25, 0.3) is 0 Å². The van der Waals surface area contributed by atoms with Crippen LogP contribution in [-0.4, -0.2) is 4.98 Å². The van der Waals surface area contributed by atoms with Gasteiger partial charge in [-0.1, -0.05) is 45.0 Å². The zero-order chi connectivity index (χ0) is 13.2. The molecule has 1 aromatic heterocycles. The van der Waals surface area contributed by atoms with Gasteiger partial charge in [-0.2, -0.15) is 0 Å². The van der Waals surface area contributed by atoms with E-state index in [1.54, 1.807) is 11.3 Å².